The monoisotopic (exact) mass is 436 g/mol. The van der Waals surface area contributed by atoms with Crippen molar-refractivity contribution >= 4 is 17.6 Å². The van der Waals surface area contributed by atoms with Crippen LogP contribution in [-0.4, -0.2) is 73.7 Å². The van der Waals surface area contributed by atoms with Crippen LogP contribution in [0.2, 0.25) is 0 Å². The van der Waals surface area contributed by atoms with Crippen LogP contribution in [0.3, 0.4) is 0 Å². The molecular weight excluding hydrogens is 408 g/mol. The average Bonchev–Trinajstić information content (AvgIpc) is 3.19. The van der Waals surface area contributed by atoms with Gasteiger partial charge in [-0.05, 0) is 17.7 Å². The fourth-order valence-electron chi connectivity index (χ4n) is 4.47. The van der Waals surface area contributed by atoms with E-state index < -0.39 is 0 Å². The number of hydrogen-bond donors (Lipinski definition) is 1. The first-order chi connectivity index (χ1) is 15.7. The lowest BCUT2D eigenvalue weighted by Crippen LogP contribution is -2.53. The van der Waals surface area contributed by atoms with Gasteiger partial charge in [-0.15, -0.1) is 0 Å². The molecule has 3 aliphatic rings. The third-order valence-corrected chi connectivity index (χ3v) is 6.20. The van der Waals surface area contributed by atoms with Crippen molar-refractivity contribution in [2.24, 2.45) is 0 Å². The molecule has 5 rings (SSSR count). The van der Waals surface area contributed by atoms with Gasteiger partial charge in [0.25, 0.3) is 0 Å². The van der Waals surface area contributed by atoms with Crippen LogP contribution in [0.4, 0.5) is 10.5 Å². The molecule has 2 aromatic carbocycles. The molecule has 3 aliphatic heterocycles. The lowest BCUT2D eigenvalue weighted by Gasteiger charge is -2.35. The Labute approximate surface area is 187 Å². The zero-order chi connectivity index (χ0) is 21.9. The van der Waals surface area contributed by atoms with Crippen molar-refractivity contribution in [3.8, 4) is 11.5 Å². The van der Waals surface area contributed by atoms with Crippen LogP contribution in [0.5, 0.6) is 11.5 Å². The molecule has 1 atom stereocenters. The molecule has 0 unspecified atom stereocenters. The summed E-state index contributed by atoms with van der Waals surface area (Å²) in [5.74, 6) is 1.35. The van der Waals surface area contributed by atoms with E-state index in [-0.39, 0.29) is 18.0 Å². The lowest BCUT2D eigenvalue weighted by molar-refractivity contribution is -0.117. The Bertz CT molecular complexity index is 975. The van der Waals surface area contributed by atoms with Crippen LogP contribution in [0.1, 0.15) is 12.0 Å². The number of benzene rings is 2. The molecule has 8 nitrogen and oxygen atoms in total. The van der Waals surface area contributed by atoms with E-state index in [9.17, 15) is 9.59 Å². The first-order valence-corrected chi connectivity index (χ1v) is 11.2. The molecule has 32 heavy (non-hydrogen) atoms. The summed E-state index contributed by atoms with van der Waals surface area (Å²) in [7, 11) is 0. The maximum atomic E-state index is 12.8. The molecule has 0 radical (unpaired) electrons. The molecule has 0 aliphatic carbocycles. The Hall–Kier alpha value is -3.26. The van der Waals surface area contributed by atoms with Crippen molar-refractivity contribution in [2.75, 3.05) is 50.8 Å². The molecule has 168 valence electrons. The van der Waals surface area contributed by atoms with Crippen molar-refractivity contribution in [2.45, 2.75) is 19.0 Å². The number of rotatable bonds is 4. The largest absolute Gasteiger partial charge is 0.486 e. The van der Waals surface area contributed by atoms with Crippen molar-refractivity contribution in [1.82, 2.24) is 15.1 Å². The summed E-state index contributed by atoms with van der Waals surface area (Å²) in [4.78, 5) is 31.3. The minimum atomic E-state index is -0.203. The van der Waals surface area contributed by atoms with Crippen LogP contribution in [-0.2, 0) is 11.3 Å². The maximum Gasteiger partial charge on any atom is 0.317 e. The minimum absolute atomic E-state index is 0.000316. The molecule has 0 saturated carbocycles. The second-order valence-corrected chi connectivity index (χ2v) is 8.43. The lowest BCUT2D eigenvalue weighted by atomic mass is 10.2. The number of carbonyl (C=O) groups is 2. The van der Waals surface area contributed by atoms with Gasteiger partial charge in [-0.25, -0.2) is 4.79 Å². The highest BCUT2D eigenvalue weighted by atomic mass is 16.6. The van der Waals surface area contributed by atoms with Crippen molar-refractivity contribution in [1.29, 1.82) is 0 Å². The molecule has 0 aromatic heterocycles. The molecule has 1 N–H and O–H groups in total. The quantitative estimate of drug-likeness (QED) is 0.795. The third kappa shape index (κ3) is 4.50. The molecule has 8 heteroatoms. The number of nitrogens with one attached hydrogen (secondary N) is 1. The molecule has 2 saturated heterocycles. The number of carbonyl (C=O) groups excluding carboxylic acids is 2. The van der Waals surface area contributed by atoms with E-state index in [1.807, 2.05) is 29.2 Å². The van der Waals surface area contributed by atoms with E-state index in [4.69, 9.17) is 9.47 Å². The number of urea groups is 1. The fourth-order valence-corrected chi connectivity index (χ4v) is 4.47. The Balaban J connectivity index is 1.13. The van der Waals surface area contributed by atoms with E-state index >= 15 is 0 Å². The molecule has 3 amide bonds. The molecule has 0 spiro atoms. The van der Waals surface area contributed by atoms with Crippen molar-refractivity contribution in [3.05, 3.63) is 54.1 Å². The van der Waals surface area contributed by atoms with Gasteiger partial charge in [0.2, 0.25) is 5.91 Å². The van der Waals surface area contributed by atoms with Gasteiger partial charge >= 0.3 is 6.03 Å². The van der Waals surface area contributed by atoms with Gasteiger partial charge in [-0.2, -0.15) is 0 Å². The summed E-state index contributed by atoms with van der Waals surface area (Å²) in [6.45, 7) is 5.45. The van der Waals surface area contributed by atoms with E-state index in [0.717, 1.165) is 25.3 Å². The highest BCUT2D eigenvalue weighted by Crippen LogP contribution is 2.35. The molecule has 3 heterocycles. The van der Waals surface area contributed by atoms with Crippen LogP contribution >= 0.6 is 0 Å². The van der Waals surface area contributed by atoms with Gasteiger partial charge in [0.1, 0.15) is 13.2 Å². The molecule has 2 aromatic rings. The second kappa shape index (κ2) is 9.08. The van der Waals surface area contributed by atoms with Crippen molar-refractivity contribution in [3.63, 3.8) is 0 Å². The normalized spacial score (nSPS) is 21.0. The summed E-state index contributed by atoms with van der Waals surface area (Å²) >= 11 is 0. The Morgan fingerprint density at radius 2 is 1.72 bits per heavy atom. The third-order valence-electron chi connectivity index (χ3n) is 6.20. The summed E-state index contributed by atoms with van der Waals surface area (Å²) < 4.78 is 11.2. The maximum absolute atomic E-state index is 12.8. The molecule has 2 fully saturated rings. The smallest absolute Gasteiger partial charge is 0.317 e. The van der Waals surface area contributed by atoms with Gasteiger partial charge in [0.15, 0.2) is 11.5 Å². The Morgan fingerprint density at radius 3 is 2.50 bits per heavy atom. The summed E-state index contributed by atoms with van der Waals surface area (Å²) in [6, 6.07) is 15.6. The van der Waals surface area contributed by atoms with Crippen LogP contribution in [0, 0.1) is 0 Å². The predicted molar refractivity (Wildman–Crippen MR) is 120 cm³/mol. The second-order valence-electron chi connectivity index (χ2n) is 8.43. The number of amides is 3. The van der Waals surface area contributed by atoms with Gasteiger partial charge in [0, 0.05) is 57.4 Å². The first kappa shape index (κ1) is 20.6. The van der Waals surface area contributed by atoms with E-state index in [1.54, 1.807) is 4.90 Å². The zero-order valence-corrected chi connectivity index (χ0v) is 18.0. The van der Waals surface area contributed by atoms with Gasteiger partial charge in [0.05, 0.1) is 6.04 Å². The SMILES string of the molecule is O=C(N[C@H]1CC(=O)N(c2ccc3c(c2)OCCO3)C1)N1CCN(Cc2ccccc2)CC1. The van der Waals surface area contributed by atoms with E-state index in [2.05, 4.69) is 34.5 Å². The van der Waals surface area contributed by atoms with Gasteiger partial charge in [-0.1, -0.05) is 30.3 Å². The molecular formula is C24H28N4O4. The summed E-state index contributed by atoms with van der Waals surface area (Å²) in [6.07, 6.45) is 0.300. The number of ether oxygens (including phenoxy) is 2. The van der Waals surface area contributed by atoms with Crippen LogP contribution < -0.4 is 19.7 Å². The zero-order valence-electron chi connectivity index (χ0n) is 18.0. The number of hydrogen-bond acceptors (Lipinski definition) is 5. The van der Waals surface area contributed by atoms with Gasteiger partial charge < -0.3 is 24.6 Å². The van der Waals surface area contributed by atoms with Crippen LogP contribution in [0.25, 0.3) is 0 Å². The minimum Gasteiger partial charge on any atom is -0.486 e. The fraction of sp³-hybridized carbons (Fsp3) is 0.417. The predicted octanol–water partition coefficient (Wildman–Crippen LogP) is 2.09. The van der Waals surface area contributed by atoms with E-state index in [1.165, 1.54) is 5.56 Å². The highest BCUT2D eigenvalue weighted by Gasteiger charge is 2.33. The first-order valence-electron chi connectivity index (χ1n) is 11.2. The highest BCUT2D eigenvalue weighted by molar-refractivity contribution is 5.97. The summed E-state index contributed by atoms with van der Waals surface area (Å²) in [5, 5.41) is 3.06. The number of anilines is 1. The summed E-state index contributed by atoms with van der Waals surface area (Å²) in [5.41, 5.74) is 2.06. The molecule has 0 bridgehead atoms. The standard InChI is InChI=1S/C24H28N4O4/c29-23-14-19(17-28(23)20-6-7-21-22(15-20)32-13-12-31-21)25-24(30)27-10-8-26(9-11-27)16-18-4-2-1-3-5-18/h1-7,15,19H,8-14,16-17H2,(H,25,30)/t19-/m0/s1. The van der Waals surface area contributed by atoms with Crippen LogP contribution in [0.15, 0.2) is 48.5 Å². The Morgan fingerprint density at radius 1 is 0.969 bits per heavy atom. The van der Waals surface area contributed by atoms with E-state index in [0.29, 0.717) is 50.8 Å². The number of piperazine rings is 1. The average molecular weight is 437 g/mol. The number of nitrogens with zero attached hydrogens (tertiary/aromatic N) is 3. The van der Waals surface area contributed by atoms with Crippen molar-refractivity contribution < 1.29 is 19.1 Å². The topological polar surface area (TPSA) is 74.3 Å². The number of fused-ring (bicyclic) bond motifs is 1. The Kier molecular flexibility index (Phi) is 5.85. The van der Waals surface area contributed by atoms with Gasteiger partial charge in [-0.3, -0.25) is 9.69 Å².